The highest BCUT2D eigenvalue weighted by Gasteiger charge is 2.46. The number of carbonyl (C=O) groups excluding carboxylic acids is 2. The molecule has 27 heavy (non-hydrogen) atoms. The van der Waals surface area contributed by atoms with Gasteiger partial charge in [-0.25, -0.2) is 0 Å². The number of ketones is 1. The van der Waals surface area contributed by atoms with Gasteiger partial charge in [0.15, 0.2) is 0 Å². The van der Waals surface area contributed by atoms with Gasteiger partial charge >= 0.3 is 0 Å². The molecule has 0 aliphatic carbocycles. The smallest absolute Gasteiger partial charge is 0.295 e. The van der Waals surface area contributed by atoms with Crippen molar-refractivity contribution < 1.29 is 14.7 Å². The van der Waals surface area contributed by atoms with Gasteiger partial charge < -0.3 is 14.9 Å². The lowest BCUT2D eigenvalue weighted by atomic mass is 9.99. The number of aliphatic hydroxyl groups is 1. The Morgan fingerprint density at radius 3 is 2.67 bits per heavy atom. The van der Waals surface area contributed by atoms with E-state index in [4.69, 9.17) is 0 Å². The number of aryl methyl sites for hydroxylation is 2. The minimum atomic E-state index is -0.643. The molecule has 0 bridgehead atoms. The molecule has 0 unspecified atom stereocenters. The van der Waals surface area contributed by atoms with E-state index in [0.29, 0.717) is 23.5 Å². The molecule has 0 saturated carbocycles. The van der Waals surface area contributed by atoms with Crippen molar-refractivity contribution in [2.24, 2.45) is 0 Å². The van der Waals surface area contributed by atoms with Gasteiger partial charge in [0.1, 0.15) is 5.76 Å². The van der Waals surface area contributed by atoms with E-state index >= 15 is 0 Å². The Kier molecular flexibility index (Phi) is 5.48. The van der Waals surface area contributed by atoms with Crippen LogP contribution in [0.25, 0.3) is 5.76 Å². The molecule has 1 fully saturated rings. The summed E-state index contributed by atoms with van der Waals surface area (Å²) in [6.45, 7) is 4.79. The summed E-state index contributed by atoms with van der Waals surface area (Å²) in [4.78, 5) is 30.0. The summed E-state index contributed by atoms with van der Waals surface area (Å²) in [5.41, 5.74) is 1.88. The van der Waals surface area contributed by atoms with Gasteiger partial charge in [-0.2, -0.15) is 5.10 Å². The van der Waals surface area contributed by atoms with Crippen LogP contribution in [0.5, 0.6) is 0 Å². The monoisotopic (exact) mass is 388 g/mol. The van der Waals surface area contributed by atoms with Crippen molar-refractivity contribution in [2.75, 3.05) is 27.2 Å². The molecule has 2 aromatic heterocycles. The van der Waals surface area contributed by atoms with Crippen LogP contribution in [0.4, 0.5) is 0 Å². The number of nitrogens with one attached hydrogen (secondary N) is 1. The van der Waals surface area contributed by atoms with E-state index in [0.717, 1.165) is 17.8 Å². The predicted octanol–water partition coefficient (Wildman–Crippen LogP) is 2.46. The number of aliphatic hydroxyl groups excluding tert-OH is 1. The lowest BCUT2D eigenvalue weighted by Gasteiger charge is -2.24. The molecule has 144 valence electrons. The average molecular weight is 388 g/mol. The number of H-pyrrole nitrogens is 1. The van der Waals surface area contributed by atoms with Crippen molar-refractivity contribution in [3.8, 4) is 0 Å². The molecule has 1 saturated heterocycles. The minimum Gasteiger partial charge on any atom is -0.507 e. The van der Waals surface area contributed by atoms with Crippen LogP contribution in [0.3, 0.4) is 0 Å². The molecular formula is C19H24N4O3S. The molecular weight excluding hydrogens is 364 g/mol. The first-order chi connectivity index (χ1) is 12.8. The fraction of sp³-hybridized carbons (Fsp3) is 0.421. The number of rotatable bonds is 6. The number of thiophene rings is 1. The maximum atomic E-state index is 12.8. The van der Waals surface area contributed by atoms with E-state index in [1.54, 1.807) is 18.7 Å². The highest BCUT2D eigenvalue weighted by Crippen LogP contribution is 2.41. The quantitative estimate of drug-likeness (QED) is 0.451. The summed E-state index contributed by atoms with van der Waals surface area (Å²) in [5, 5.41) is 19.8. The van der Waals surface area contributed by atoms with Crippen molar-refractivity contribution in [3.05, 3.63) is 44.9 Å². The molecule has 1 amide bonds. The Morgan fingerprint density at radius 1 is 1.37 bits per heavy atom. The van der Waals surface area contributed by atoms with Crippen molar-refractivity contribution in [2.45, 2.75) is 26.3 Å². The summed E-state index contributed by atoms with van der Waals surface area (Å²) in [7, 11) is 3.94. The Labute approximate surface area is 162 Å². The first kappa shape index (κ1) is 19.3. The summed E-state index contributed by atoms with van der Waals surface area (Å²) in [6.07, 6.45) is 0.742. The molecule has 0 aromatic carbocycles. The Balaban J connectivity index is 2.08. The van der Waals surface area contributed by atoms with Crippen LogP contribution in [-0.4, -0.2) is 64.0 Å². The van der Waals surface area contributed by atoms with E-state index in [9.17, 15) is 14.7 Å². The van der Waals surface area contributed by atoms with E-state index in [2.05, 4.69) is 10.2 Å². The molecule has 1 aliphatic rings. The highest BCUT2D eigenvalue weighted by molar-refractivity contribution is 7.10. The number of likely N-dealkylation sites (tertiary alicyclic amines) is 1. The highest BCUT2D eigenvalue weighted by atomic mass is 32.1. The maximum Gasteiger partial charge on any atom is 0.295 e. The van der Waals surface area contributed by atoms with Crippen LogP contribution in [0.15, 0.2) is 23.1 Å². The van der Waals surface area contributed by atoms with Crippen LogP contribution in [-0.2, 0) is 9.59 Å². The second kappa shape index (κ2) is 7.66. The third-order valence-electron chi connectivity index (χ3n) is 4.72. The molecule has 1 aliphatic heterocycles. The number of amides is 1. The lowest BCUT2D eigenvalue weighted by molar-refractivity contribution is -0.139. The largest absolute Gasteiger partial charge is 0.507 e. The molecule has 1 atom stereocenters. The standard InChI is InChI=1S/C19H24N4O3S/c1-11-14(12(2)21-20-11)17(24)15-16(13-7-5-10-27-13)23(19(26)18(15)25)9-6-8-22(3)4/h5,7,10,16,24H,6,8-9H2,1-4H3,(H,20,21)/b17-15+/t16-/m0/s1. The fourth-order valence-corrected chi connectivity index (χ4v) is 4.29. The second-order valence-electron chi connectivity index (χ2n) is 6.97. The number of aromatic nitrogens is 2. The Morgan fingerprint density at radius 2 is 2.11 bits per heavy atom. The Hall–Kier alpha value is -2.45. The number of carbonyl (C=O) groups is 2. The van der Waals surface area contributed by atoms with Gasteiger partial charge in [-0.15, -0.1) is 11.3 Å². The first-order valence-electron chi connectivity index (χ1n) is 8.81. The van der Waals surface area contributed by atoms with E-state index in [1.165, 1.54) is 11.3 Å². The zero-order valence-electron chi connectivity index (χ0n) is 15.9. The van der Waals surface area contributed by atoms with Gasteiger partial charge in [-0.05, 0) is 52.4 Å². The lowest BCUT2D eigenvalue weighted by Crippen LogP contribution is -2.32. The molecule has 2 N–H and O–H groups in total. The topological polar surface area (TPSA) is 89.5 Å². The van der Waals surface area contributed by atoms with Crippen LogP contribution in [0, 0.1) is 13.8 Å². The summed E-state index contributed by atoms with van der Waals surface area (Å²) >= 11 is 1.47. The van der Waals surface area contributed by atoms with Crippen molar-refractivity contribution in [1.82, 2.24) is 20.0 Å². The molecule has 8 heteroatoms. The van der Waals surface area contributed by atoms with Gasteiger partial charge in [-0.3, -0.25) is 14.7 Å². The van der Waals surface area contributed by atoms with Crippen molar-refractivity contribution in [3.63, 3.8) is 0 Å². The number of hydrogen-bond acceptors (Lipinski definition) is 6. The predicted molar refractivity (Wildman–Crippen MR) is 105 cm³/mol. The van der Waals surface area contributed by atoms with Crippen LogP contribution >= 0.6 is 11.3 Å². The zero-order chi connectivity index (χ0) is 19.7. The normalized spacial score (nSPS) is 19.4. The third kappa shape index (κ3) is 3.54. The summed E-state index contributed by atoms with van der Waals surface area (Å²) in [5.74, 6) is -1.37. The average Bonchev–Trinajstić information content (AvgIpc) is 3.30. The summed E-state index contributed by atoms with van der Waals surface area (Å²) in [6, 6.07) is 3.21. The van der Waals surface area contributed by atoms with Crippen molar-refractivity contribution in [1.29, 1.82) is 0 Å². The fourth-order valence-electron chi connectivity index (χ4n) is 3.45. The first-order valence-corrected chi connectivity index (χ1v) is 9.69. The van der Waals surface area contributed by atoms with Gasteiger partial charge in [0.2, 0.25) is 0 Å². The minimum absolute atomic E-state index is 0.139. The molecule has 0 spiro atoms. The SMILES string of the molecule is Cc1n[nH]c(C)c1/C(O)=C1\C(=O)C(=O)N(CCCN(C)C)[C@H]1c1cccs1. The van der Waals surface area contributed by atoms with Gasteiger partial charge in [-0.1, -0.05) is 6.07 Å². The zero-order valence-corrected chi connectivity index (χ0v) is 16.8. The van der Waals surface area contributed by atoms with Gasteiger partial charge in [0.25, 0.3) is 11.7 Å². The van der Waals surface area contributed by atoms with Gasteiger partial charge in [0, 0.05) is 17.1 Å². The van der Waals surface area contributed by atoms with Crippen molar-refractivity contribution >= 4 is 28.8 Å². The number of aromatic amines is 1. The third-order valence-corrected chi connectivity index (χ3v) is 5.65. The number of Topliss-reactive ketones (excluding diaryl/α,β-unsaturated/α-hetero) is 1. The molecule has 3 rings (SSSR count). The van der Waals surface area contributed by atoms with Crippen LogP contribution in [0.2, 0.25) is 0 Å². The van der Waals surface area contributed by atoms with E-state index in [1.807, 2.05) is 36.5 Å². The second-order valence-corrected chi connectivity index (χ2v) is 7.95. The summed E-state index contributed by atoms with van der Waals surface area (Å²) < 4.78 is 0. The van der Waals surface area contributed by atoms with E-state index < -0.39 is 17.7 Å². The number of nitrogens with zero attached hydrogens (tertiary/aromatic N) is 3. The molecule has 2 aromatic rings. The van der Waals surface area contributed by atoms with Crippen LogP contribution < -0.4 is 0 Å². The Bertz CT molecular complexity index is 863. The maximum absolute atomic E-state index is 12.8. The molecule has 7 nitrogen and oxygen atoms in total. The molecule has 3 heterocycles. The number of hydrogen-bond donors (Lipinski definition) is 2. The molecule has 0 radical (unpaired) electrons. The van der Waals surface area contributed by atoms with E-state index in [-0.39, 0.29) is 11.3 Å². The van der Waals surface area contributed by atoms with Crippen LogP contribution in [0.1, 0.15) is 34.3 Å². The van der Waals surface area contributed by atoms with Gasteiger partial charge in [0.05, 0.1) is 22.9 Å².